The lowest BCUT2D eigenvalue weighted by atomic mass is 10.5. The zero-order valence-corrected chi connectivity index (χ0v) is 6.87. The molecule has 0 aromatic heterocycles. The third-order valence-corrected chi connectivity index (χ3v) is 0.886. The first-order chi connectivity index (χ1) is 5.43. The predicted molar refractivity (Wildman–Crippen MR) is 39.6 cm³/mol. The zero-order valence-electron chi connectivity index (χ0n) is 6.87. The first-order valence-electron chi connectivity index (χ1n) is 3.41. The molecule has 0 aromatic rings. The van der Waals surface area contributed by atoms with Gasteiger partial charge >= 0.3 is 11.8 Å². The third-order valence-electron chi connectivity index (χ3n) is 0.886. The van der Waals surface area contributed by atoms with Gasteiger partial charge in [-0.2, -0.15) is 0 Å². The van der Waals surface area contributed by atoms with Gasteiger partial charge in [-0.15, -0.1) is 0 Å². The van der Waals surface area contributed by atoms with Gasteiger partial charge in [0.05, 0.1) is 0 Å². The van der Waals surface area contributed by atoms with Gasteiger partial charge in [0.15, 0.2) is 0 Å². The van der Waals surface area contributed by atoms with Gasteiger partial charge in [-0.3, -0.25) is 9.59 Å². The maximum absolute atomic E-state index is 10.7. The van der Waals surface area contributed by atoms with E-state index in [0.717, 1.165) is 0 Å². The van der Waals surface area contributed by atoms with E-state index in [1.54, 1.807) is 0 Å². The second-order valence-electron chi connectivity index (χ2n) is 2.30. The van der Waals surface area contributed by atoms with E-state index in [9.17, 15) is 9.59 Å². The summed E-state index contributed by atoms with van der Waals surface area (Å²) in [7, 11) is 0. The monoisotopic (exact) mass is 176 g/mol. The SMILES string of the molecule is CC(O)NC(=O)C(=O)NC(C)O. The Morgan fingerprint density at radius 1 is 1.00 bits per heavy atom. The molecule has 2 amide bonds. The van der Waals surface area contributed by atoms with Gasteiger partial charge in [-0.25, -0.2) is 0 Å². The summed E-state index contributed by atoms with van der Waals surface area (Å²) in [5.41, 5.74) is 0. The van der Waals surface area contributed by atoms with E-state index in [1.807, 2.05) is 10.6 Å². The molecule has 70 valence electrons. The summed E-state index contributed by atoms with van der Waals surface area (Å²) in [5.74, 6) is -1.96. The summed E-state index contributed by atoms with van der Waals surface area (Å²) in [5, 5.41) is 21.1. The molecule has 0 bridgehead atoms. The predicted octanol–water partition coefficient (Wildman–Crippen LogP) is -2.10. The molecule has 12 heavy (non-hydrogen) atoms. The molecule has 0 aliphatic heterocycles. The molecule has 0 spiro atoms. The standard InChI is InChI=1S/C6H12N2O4/c1-3(9)7-5(11)6(12)8-4(2)10/h3-4,9-10H,1-2H3,(H,7,11)(H,8,12). The number of carbonyl (C=O) groups excluding carboxylic acids is 2. The molecule has 4 N–H and O–H groups in total. The van der Waals surface area contributed by atoms with Gasteiger partial charge < -0.3 is 20.8 Å². The van der Waals surface area contributed by atoms with E-state index >= 15 is 0 Å². The van der Waals surface area contributed by atoms with Crippen LogP contribution in [0.5, 0.6) is 0 Å². The zero-order chi connectivity index (χ0) is 9.72. The summed E-state index contributed by atoms with van der Waals surface area (Å²) >= 11 is 0. The van der Waals surface area contributed by atoms with Crippen molar-refractivity contribution in [3.8, 4) is 0 Å². The molecule has 0 rings (SSSR count). The Kier molecular flexibility index (Phi) is 4.24. The van der Waals surface area contributed by atoms with Crippen molar-refractivity contribution in [2.24, 2.45) is 0 Å². The Balaban J connectivity index is 3.86. The van der Waals surface area contributed by atoms with E-state index in [-0.39, 0.29) is 0 Å². The van der Waals surface area contributed by atoms with E-state index in [4.69, 9.17) is 10.2 Å². The fourth-order valence-corrected chi connectivity index (χ4v) is 0.511. The quantitative estimate of drug-likeness (QED) is 0.286. The van der Waals surface area contributed by atoms with Crippen molar-refractivity contribution < 1.29 is 19.8 Å². The Morgan fingerprint density at radius 3 is 1.42 bits per heavy atom. The number of hydrogen-bond donors (Lipinski definition) is 4. The van der Waals surface area contributed by atoms with E-state index < -0.39 is 24.3 Å². The number of carbonyl (C=O) groups is 2. The second kappa shape index (κ2) is 4.68. The van der Waals surface area contributed by atoms with Gasteiger partial charge in [0.1, 0.15) is 12.5 Å². The van der Waals surface area contributed by atoms with Crippen LogP contribution in [0.25, 0.3) is 0 Å². The molecule has 0 heterocycles. The summed E-state index contributed by atoms with van der Waals surface area (Å²) in [6, 6.07) is 0. The number of aliphatic hydroxyl groups excluding tert-OH is 2. The van der Waals surface area contributed by atoms with Crippen LogP contribution in [0, 0.1) is 0 Å². The number of amides is 2. The van der Waals surface area contributed by atoms with Crippen LogP contribution in [0.4, 0.5) is 0 Å². The molecule has 2 unspecified atom stereocenters. The van der Waals surface area contributed by atoms with Crippen molar-refractivity contribution in [3.63, 3.8) is 0 Å². The third kappa shape index (κ3) is 4.64. The molecule has 0 saturated heterocycles. The smallest absolute Gasteiger partial charge is 0.311 e. The first-order valence-corrected chi connectivity index (χ1v) is 3.41. The molecule has 0 aliphatic carbocycles. The van der Waals surface area contributed by atoms with E-state index in [2.05, 4.69) is 0 Å². The maximum Gasteiger partial charge on any atom is 0.311 e. The van der Waals surface area contributed by atoms with Crippen LogP contribution < -0.4 is 10.6 Å². The molecular weight excluding hydrogens is 164 g/mol. The Labute approximate surface area is 69.6 Å². The summed E-state index contributed by atoms with van der Waals surface area (Å²) in [6.45, 7) is 2.60. The second-order valence-corrected chi connectivity index (χ2v) is 2.30. The average Bonchev–Trinajstić information content (AvgIpc) is 1.84. The number of rotatable bonds is 2. The van der Waals surface area contributed by atoms with Crippen LogP contribution in [0.2, 0.25) is 0 Å². The Morgan fingerprint density at radius 2 is 1.25 bits per heavy atom. The largest absolute Gasteiger partial charge is 0.374 e. The van der Waals surface area contributed by atoms with Crippen molar-refractivity contribution in [2.45, 2.75) is 26.3 Å². The van der Waals surface area contributed by atoms with Crippen LogP contribution in [0.3, 0.4) is 0 Å². The van der Waals surface area contributed by atoms with Crippen molar-refractivity contribution >= 4 is 11.8 Å². The highest BCUT2D eigenvalue weighted by molar-refractivity contribution is 6.35. The van der Waals surface area contributed by atoms with Gasteiger partial charge in [0, 0.05) is 0 Å². The molecule has 6 nitrogen and oxygen atoms in total. The Hall–Kier alpha value is -1.14. The van der Waals surface area contributed by atoms with Crippen molar-refractivity contribution in [3.05, 3.63) is 0 Å². The molecule has 0 fully saturated rings. The lowest BCUT2D eigenvalue weighted by Gasteiger charge is -2.09. The maximum atomic E-state index is 10.7. The normalized spacial score (nSPS) is 14.7. The fraction of sp³-hybridized carbons (Fsp3) is 0.667. The molecule has 0 aliphatic rings. The van der Waals surface area contributed by atoms with Gasteiger partial charge in [-0.05, 0) is 13.8 Å². The number of aliphatic hydroxyl groups is 2. The van der Waals surface area contributed by atoms with Crippen LogP contribution >= 0.6 is 0 Å². The van der Waals surface area contributed by atoms with Crippen molar-refractivity contribution in [1.29, 1.82) is 0 Å². The first kappa shape index (κ1) is 10.9. The van der Waals surface area contributed by atoms with Crippen molar-refractivity contribution in [1.82, 2.24) is 10.6 Å². The molecule has 0 saturated carbocycles. The minimum Gasteiger partial charge on any atom is -0.374 e. The summed E-state index contributed by atoms with van der Waals surface area (Å²) < 4.78 is 0. The minimum atomic E-state index is -1.09. The lowest BCUT2D eigenvalue weighted by molar-refractivity contribution is -0.142. The Bertz CT molecular complexity index is 158. The molecular formula is C6H12N2O4. The minimum absolute atomic E-state index is 0.981. The van der Waals surface area contributed by atoms with Crippen molar-refractivity contribution in [2.75, 3.05) is 0 Å². The van der Waals surface area contributed by atoms with Gasteiger partial charge in [0.2, 0.25) is 0 Å². The van der Waals surface area contributed by atoms with E-state index in [0.29, 0.717) is 0 Å². The van der Waals surface area contributed by atoms with Gasteiger partial charge in [0.25, 0.3) is 0 Å². The van der Waals surface area contributed by atoms with Crippen LogP contribution in [0.1, 0.15) is 13.8 Å². The van der Waals surface area contributed by atoms with Crippen LogP contribution in [0.15, 0.2) is 0 Å². The topological polar surface area (TPSA) is 98.7 Å². The highest BCUT2D eigenvalue weighted by Gasteiger charge is 2.15. The highest BCUT2D eigenvalue weighted by atomic mass is 16.3. The van der Waals surface area contributed by atoms with Crippen LogP contribution in [-0.4, -0.2) is 34.5 Å². The lowest BCUT2D eigenvalue weighted by Crippen LogP contribution is -2.46. The summed E-state index contributed by atoms with van der Waals surface area (Å²) in [4.78, 5) is 21.4. The molecule has 0 radical (unpaired) electrons. The average molecular weight is 176 g/mol. The summed E-state index contributed by atoms with van der Waals surface area (Å²) in [6.07, 6.45) is -2.17. The molecule has 6 heteroatoms. The van der Waals surface area contributed by atoms with Crippen LogP contribution in [-0.2, 0) is 9.59 Å². The number of hydrogen-bond acceptors (Lipinski definition) is 4. The molecule has 0 aromatic carbocycles. The molecule has 2 atom stereocenters. The van der Waals surface area contributed by atoms with E-state index in [1.165, 1.54) is 13.8 Å². The highest BCUT2D eigenvalue weighted by Crippen LogP contribution is 1.76. The number of nitrogens with one attached hydrogen (secondary N) is 2. The fourth-order valence-electron chi connectivity index (χ4n) is 0.511. The van der Waals surface area contributed by atoms with Gasteiger partial charge in [-0.1, -0.05) is 0 Å².